The second kappa shape index (κ2) is 7.96. The molecular weight excluding hydrogens is 358 g/mol. The van der Waals surface area contributed by atoms with Crippen LogP contribution < -0.4 is 9.80 Å². The summed E-state index contributed by atoms with van der Waals surface area (Å²) >= 11 is 0. The summed E-state index contributed by atoms with van der Waals surface area (Å²) in [6.45, 7) is 3.35. The summed E-state index contributed by atoms with van der Waals surface area (Å²) in [5.41, 5.74) is 0. The minimum absolute atomic E-state index is 0.266. The Morgan fingerprint density at radius 3 is 2.61 bits per heavy atom. The molecule has 2 saturated heterocycles. The van der Waals surface area contributed by atoms with Crippen LogP contribution in [0.1, 0.15) is 31.0 Å². The molecule has 2 fully saturated rings. The fraction of sp³-hybridized carbons (Fsp3) is 0.722. The maximum atomic E-state index is 10.2. The van der Waals surface area contributed by atoms with E-state index in [0.29, 0.717) is 12.5 Å². The summed E-state index contributed by atoms with van der Waals surface area (Å²) in [5.74, 6) is 3.19. The number of piperidine rings is 1. The quantitative estimate of drug-likeness (QED) is 0.753. The van der Waals surface area contributed by atoms with E-state index in [4.69, 9.17) is 0 Å². The van der Waals surface area contributed by atoms with E-state index in [0.717, 1.165) is 56.4 Å². The molecule has 152 valence electrons. The summed E-state index contributed by atoms with van der Waals surface area (Å²) in [7, 11) is 6.02. The van der Waals surface area contributed by atoms with Crippen molar-refractivity contribution in [1.82, 2.24) is 35.1 Å². The first-order valence-corrected chi connectivity index (χ1v) is 9.90. The number of aliphatic hydroxyl groups excluding tert-OH is 1. The van der Waals surface area contributed by atoms with Crippen LogP contribution >= 0.6 is 0 Å². The molecule has 2 aromatic rings. The van der Waals surface area contributed by atoms with Gasteiger partial charge in [-0.15, -0.1) is 5.10 Å². The fourth-order valence-electron chi connectivity index (χ4n) is 4.38. The van der Waals surface area contributed by atoms with Gasteiger partial charge in [-0.2, -0.15) is 0 Å². The molecule has 10 nitrogen and oxygen atoms in total. The number of likely N-dealkylation sites (N-methyl/N-ethyl adjacent to an activating group) is 1. The lowest BCUT2D eigenvalue weighted by molar-refractivity contribution is 0.191. The van der Waals surface area contributed by atoms with Crippen LogP contribution in [-0.2, 0) is 7.05 Å². The number of tetrazole rings is 1. The first-order chi connectivity index (χ1) is 13.5. The van der Waals surface area contributed by atoms with Gasteiger partial charge in [0.1, 0.15) is 18.0 Å². The van der Waals surface area contributed by atoms with Crippen molar-refractivity contribution in [2.75, 3.05) is 50.1 Å². The van der Waals surface area contributed by atoms with Gasteiger partial charge in [0.15, 0.2) is 5.82 Å². The Hall–Kier alpha value is -2.33. The van der Waals surface area contributed by atoms with Gasteiger partial charge in [0.05, 0.1) is 6.10 Å². The van der Waals surface area contributed by atoms with Gasteiger partial charge in [-0.1, -0.05) is 0 Å². The second-order valence-electron chi connectivity index (χ2n) is 8.11. The smallest absolute Gasteiger partial charge is 0.154 e. The molecule has 0 radical (unpaired) electrons. The van der Waals surface area contributed by atoms with Crippen LogP contribution in [0.4, 0.5) is 11.6 Å². The first kappa shape index (κ1) is 19.0. The van der Waals surface area contributed by atoms with Gasteiger partial charge in [-0.3, -0.25) is 0 Å². The third kappa shape index (κ3) is 3.93. The van der Waals surface area contributed by atoms with Gasteiger partial charge in [-0.25, -0.2) is 14.6 Å². The average Bonchev–Trinajstić information content (AvgIpc) is 3.27. The van der Waals surface area contributed by atoms with Crippen LogP contribution in [0.15, 0.2) is 12.4 Å². The van der Waals surface area contributed by atoms with Crippen LogP contribution in [0.2, 0.25) is 0 Å². The van der Waals surface area contributed by atoms with E-state index in [1.54, 1.807) is 11.0 Å². The van der Waals surface area contributed by atoms with Crippen molar-refractivity contribution >= 4 is 11.6 Å². The highest BCUT2D eigenvalue weighted by atomic mass is 16.3. The molecule has 4 rings (SSSR count). The third-order valence-electron chi connectivity index (χ3n) is 5.74. The zero-order valence-electron chi connectivity index (χ0n) is 16.8. The largest absolute Gasteiger partial charge is 0.391 e. The Bertz CT molecular complexity index is 787. The second-order valence-corrected chi connectivity index (χ2v) is 8.11. The lowest BCUT2D eigenvalue weighted by Gasteiger charge is -2.33. The summed E-state index contributed by atoms with van der Waals surface area (Å²) in [6.07, 6.45) is 4.10. The van der Waals surface area contributed by atoms with Crippen molar-refractivity contribution in [3.05, 3.63) is 18.2 Å². The molecule has 0 bridgehead atoms. The number of aryl methyl sites for hydroxylation is 1. The molecule has 4 heterocycles. The lowest BCUT2D eigenvalue weighted by Crippen LogP contribution is -2.38. The topological polar surface area (TPSA) is 99.3 Å². The maximum absolute atomic E-state index is 10.2. The molecule has 0 saturated carbocycles. The van der Waals surface area contributed by atoms with E-state index < -0.39 is 0 Å². The summed E-state index contributed by atoms with van der Waals surface area (Å²) in [6, 6.07) is 2.33. The third-order valence-corrected chi connectivity index (χ3v) is 5.74. The van der Waals surface area contributed by atoms with E-state index in [-0.39, 0.29) is 12.1 Å². The van der Waals surface area contributed by atoms with Gasteiger partial charge in [-0.05, 0) is 43.8 Å². The Balaban J connectivity index is 1.45. The molecule has 2 aliphatic heterocycles. The summed E-state index contributed by atoms with van der Waals surface area (Å²) in [5, 5.41) is 22.1. The first-order valence-electron chi connectivity index (χ1n) is 9.90. The van der Waals surface area contributed by atoms with Crippen LogP contribution in [0.25, 0.3) is 0 Å². The highest BCUT2D eigenvalue weighted by molar-refractivity contribution is 5.52. The molecule has 2 aliphatic rings. The fourth-order valence-corrected chi connectivity index (χ4v) is 4.38. The van der Waals surface area contributed by atoms with Gasteiger partial charge in [0.25, 0.3) is 0 Å². The highest BCUT2D eigenvalue weighted by Gasteiger charge is 2.33. The highest BCUT2D eigenvalue weighted by Crippen LogP contribution is 2.30. The van der Waals surface area contributed by atoms with Crippen LogP contribution in [0, 0.1) is 0 Å². The minimum atomic E-state index is -0.306. The van der Waals surface area contributed by atoms with Gasteiger partial charge in [0, 0.05) is 51.3 Å². The van der Waals surface area contributed by atoms with Crippen molar-refractivity contribution in [3.8, 4) is 0 Å². The number of nitrogens with zero attached hydrogens (tertiary/aromatic N) is 9. The zero-order valence-corrected chi connectivity index (χ0v) is 16.8. The number of aromatic nitrogens is 6. The zero-order chi connectivity index (χ0) is 19.7. The van der Waals surface area contributed by atoms with Crippen molar-refractivity contribution in [2.24, 2.45) is 7.05 Å². The molecule has 2 aromatic heterocycles. The molecule has 0 amide bonds. The minimum Gasteiger partial charge on any atom is -0.391 e. The van der Waals surface area contributed by atoms with Crippen molar-refractivity contribution in [1.29, 1.82) is 0 Å². The van der Waals surface area contributed by atoms with Gasteiger partial charge < -0.3 is 19.8 Å². The van der Waals surface area contributed by atoms with E-state index in [1.807, 2.05) is 7.05 Å². The van der Waals surface area contributed by atoms with Crippen LogP contribution in [0.5, 0.6) is 0 Å². The molecule has 0 spiro atoms. The average molecular weight is 387 g/mol. The van der Waals surface area contributed by atoms with Gasteiger partial charge in [0.2, 0.25) is 0 Å². The molecule has 0 aromatic carbocycles. The molecule has 1 N–H and O–H groups in total. The maximum Gasteiger partial charge on any atom is 0.154 e. The molecular formula is C18H29N9O. The number of anilines is 2. The van der Waals surface area contributed by atoms with Crippen molar-refractivity contribution < 1.29 is 5.11 Å². The number of rotatable bonds is 5. The van der Waals surface area contributed by atoms with E-state index in [2.05, 4.69) is 60.4 Å². The SMILES string of the molecule is CN(C)C[C@H]1C[C@@H](O)CN1c1cc(N2CCC(c3nnnn3C)CC2)ncn1. The van der Waals surface area contributed by atoms with Crippen molar-refractivity contribution in [2.45, 2.75) is 37.3 Å². The Kier molecular flexibility index (Phi) is 5.40. The number of hydrogen-bond acceptors (Lipinski definition) is 9. The summed E-state index contributed by atoms with van der Waals surface area (Å²) in [4.78, 5) is 15.7. The van der Waals surface area contributed by atoms with Crippen LogP contribution in [0.3, 0.4) is 0 Å². The Morgan fingerprint density at radius 1 is 1.18 bits per heavy atom. The molecule has 2 atom stereocenters. The van der Waals surface area contributed by atoms with Crippen molar-refractivity contribution in [3.63, 3.8) is 0 Å². The standard InChI is InChI=1S/C18H29N9O/c1-24(2)10-14-8-15(28)11-27(14)17-9-16(19-12-20-17)26-6-4-13(5-7-26)18-21-22-23-25(18)3/h9,12-15,28H,4-8,10-11H2,1-3H3/t14-,15-/m1/s1. The Morgan fingerprint density at radius 2 is 1.93 bits per heavy atom. The number of β-amino-alcohol motifs (C(OH)–C–C–N with tert-alkyl or cyclic N) is 1. The van der Waals surface area contributed by atoms with E-state index in [1.165, 1.54) is 0 Å². The number of hydrogen-bond donors (Lipinski definition) is 1. The predicted molar refractivity (Wildman–Crippen MR) is 105 cm³/mol. The Labute approximate surface area is 165 Å². The normalized spacial score (nSPS) is 23.8. The van der Waals surface area contributed by atoms with Crippen LogP contribution in [-0.4, -0.2) is 92.6 Å². The van der Waals surface area contributed by atoms with E-state index >= 15 is 0 Å². The van der Waals surface area contributed by atoms with Gasteiger partial charge >= 0.3 is 0 Å². The number of aliphatic hydroxyl groups is 1. The molecule has 10 heteroatoms. The molecule has 28 heavy (non-hydrogen) atoms. The molecule has 0 unspecified atom stereocenters. The lowest BCUT2D eigenvalue weighted by atomic mass is 9.96. The predicted octanol–water partition coefficient (Wildman–Crippen LogP) is -0.115. The molecule has 0 aliphatic carbocycles. The summed E-state index contributed by atoms with van der Waals surface area (Å²) < 4.78 is 1.77. The monoisotopic (exact) mass is 387 g/mol. The van der Waals surface area contributed by atoms with E-state index in [9.17, 15) is 5.11 Å².